The molecule has 114 valence electrons. The van der Waals surface area contributed by atoms with Gasteiger partial charge in [0.05, 0.1) is 5.56 Å². The molecule has 0 saturated heterocycles. The second-order valence-corrected chi connectivity index (χ2v) is 6.43. The van der Waals surface area contributed by atoms with Crippen molar-refractivity contribution in [3.05, 3.63) is 35.1 Å². The van der Waals surface area contributed by atoms with Crippen LogP contribution < -0.4 is 0 Å². The Balaban J connectivity index is 3.41. The number of hydrogen-bond acceptors (Lipinski definition) is 1. The molecule has 0 fully saturated rings. The number of rotatable bonds is 5. The summed E-state index contributed by atoms with van der Waals surface area (Å²) in [6.07, 6.45) is 1.53. The van der Waals surface area contributed by atoms with Crippen LogP contribution in [0.1, 0.15) is 58.6 Å². The molecule has 0 spiro atoms. The summed E-state index contributed by atoms with van der Waals surface area (Å²) in [4.78, 5) is 0. The maximum atomic E-state index is 14.5. The van der Waals surface area contributed by atoms with Gasteiger partial charge in [-0.25, -0.2) is 4.39 Å². The van der Waals surface area contributed by atoms with Gasteiger partial charge in [0.15, 0.2) is 0 Å². The average molecular weight is 288 g/mol. The highest BCUT2D eigenvalue weighted by atomic mass is 19.3. The molecular formula is C16H23F3O. The van der Waals surface area contributed by atoms with E-state index >= 15 is 0 Å². The van der Waals surface area contributed by atoms with Gasteiger partial charge in [-0.05, 0) is 37.3 Å². The summed E-state index contributed by atoms with van der Waals surface area (Å²) in [6.45, 7) is 7.60. The lowest BCUT2D eigenvalue weighted by atomic mass is 9.78. The van der Waals surface area contributed by atoms with Gasteiger partial charge in [-0.15, -0.1) is 0 Å². The Morgan fingerprint density at radius 1 is 1.05 bits per heavy atom. The Hall–Kier alpha value is -1.03. The number of halogens is 3. The molecule has 0 atom stereocenters. The van der Waals surface area contributed by atoms with Crippen molar-refractivity contribution >= 4 is 0 Å². The van der Waals surface area contributed by atoms with Crippen LogP contribution in [0.15, 0.2) is 18.2 Å². The molecule has 1 aromatic carbocycles. The minimum atomic E-state index is -3.64. The van der Waals surface area contributed by atoms with E-state index in [0.29, 0.717) is 6.42 Å². The van der Waals surface area contributed by atoms with E-state index in [2.05, 4.69) is 0 Å². The van der Waals surface area contributed by atoms with Gasteiger partial charge >= 0.3 is 5.92 Å². The Labute approximate surface area is 118 Å². The lowest BCUT2D eigenvalue weighted by Crippen LogP contribution is -2.41. The maximum Gasteiger partial charge on any atom is 0.303 e. The standard InChI is InChI=1S/C16H23F3O/c1-6-10-14(2,3)11-8-7-9-12(13(11)17)16(18,19)15(4,5)20/h7-9,20H,6,10H2,1-5H3. The normalized spacial score (nSPS) is 13.7. The first kappa shape index (κ1) is 17.0. The van der Waals surface area contributed by atoms with Crippen molar-refractivity contribution in [3.8, 4) is 0 Å². The molecule has 0 aliphatic heterocycles. The zero-order valence-electron chi connectivity index (χ0n) is 12.7. The van der Waals surface area contributed by atoms with Gasteiger partial charge in [0.25, 0.3) is 0 Å². The predicted octanol–water partition coefficient (Wildman–Crippen LogP) is 4.77. The summed E-state index contributed by atoms with van der Waals surface area (Å²) >= 11 is 0. The Morgan fingerprint density at radius 3 is 2.00 bits per heavy atom. The lowest BCUT2D eigenvalue weighted by molar-refractivity contribution is -0.170. The van der Waals surface area contributed by atoms with Crippen molar-refractivity contribution in [1.29, 1.82) is 0 Å². The molecule has 0 amide bonds. The van der Waals surface area contributed by atoms with Crippen LogP contribution in [-0.4, -0.2) is 10.7 Å². The molecule has 0 heterocycles. The highest BCUT2D eigenvalue weighted by molar-refractivity contribution is 5.35. The van der Waals surface area contributed by atoms with Crippen molar-refractivity contribution in [2.75, 3.05) is 0 Å². The molecule has 0 radical (unpaired) electrons. The van der Waals surface area contributed by atoms with E-state index in [4.69, 9.17) is 0 Å². The summed E-state index contributed by atoms with van der Waals surface area (Å²) in [5.41, 5.74) is -3.32. The van der Waals surface area contributed by atoms with Crippen LogP contribution in [0.25, 0.3) is 0 Å². The SMILES string of the molecule is CCCC(C)(C)c1cccc(C(F)(F)C(C)(C)O)c1F. The van der Waals surface area contributed by atoms with E-state index in [0.717, 1.165) is 26.3 Å². The van der Waals surface area contributed by atoms with Crippen molar-refractivity contribution in [2.45, 2.75) is 64.4 Å². The van der Waals surface area contributed by atoms with Gasteiger partial charge in [-0.2, -0.15) is 8.78 Å². The highest BCUT2D eigenvalue weighted by Crippen LogP contribution is 2.42. The summed E-state index contributed by atoms with van der Waals surface area (Å²) in [7, 11) is 0. The fourth-order valence-corrected chi connectivity index (χ4v) is 2.39. The molecule has 0 aliphatic carbocycles. The smallest absolute Gasteiger partial charge is 0.303 e. The first-order valence-corrected chi connectivity index (χ1v) is 6.85. The Bertz CT molecular complexity index is 473. The van der Waals surface area contributed by atoms with E-state index in [1.807, 2.05) is 20.8 Å². The Morgan fingerprint density at radius 2 is 1.55 bits per heavy atom. The van der Waals surface area contributed by atoms with Gasteiger partial charge < -0.3 is 5.11 Å². The molecule has 1 N–H and O–H groups in total. The van der Waals surface area contributed by atoms with E-state index in [-0.39, 0.29) is 5.56 Å². The van der Waals surface area contributed by atoms with Gasteiger partial charge in [-0.3, -0.25) is 0 Å². The van der Waals surface area contributed by atoms with Crippen molar-refractivity contribution in [3.63, 3.8) is 0 Å². The molecule has 0 aliphatic rings. The van der Waals surface area contributed by atoms with Gasteiger partial charge in [0, 0.05) is 0 Å². The predicted molar refractivity (Wildman–Crippen MR) is 74.5 cm³/mol. The van der Waals surface area contributed by atoms with E-state index in [1.54, 1.807) is 0 Å². The fourth-order valence-electron chi connectivity index (χ4n) is 2.39. The van der Waals surface area contributed by atoms with Gasteiger partial charge in [0.1, 0.15) is 11.4 Å². The van der Waals surface area contributed by atoms with Crippen LogP contribution in [0.2, 0.25) is 0 Å². The zero-order chi connectivity index (χ0) is 15.8. The molecule has 0 bridgehead atoms. The number of aliphatic hydroxyl groups is 1. The molecule has 0 unspecified atom stereocenters. The summed E-state index contributed by atoms with van der Waals surface area (Å²) < 4.78 is 42.9. The van der Waals surface area contributed by atoms with Crippen LogP contribution in [0.3, 0.4) is 0 Å². The minimum Gasteiger partial charge on any atom is -0.384 e. The first-order chi connectivity index (χ1) is 8.95. The van der Waals surface area contributed by atoms with Crippen LogP contribution in [-0.2, 0) is 11.3 Å². The van der Waals surface area contributed by atoms with Crippen molar-refractivity contribution < 1.29 is 18.3 Å². The van der Waals surface area contributed by atoms with Gasteiger partial charge in [-0.1, -0.05) is 39.3 Å². The molecule has 1 nitrogen and oxygen atoms in total. The van der Waals surface area contributed by atoms with E-state index < -0.39 is 28.3 Å². The third-order valence-corrected chi connectivity index (χ3v) is 3.71. The lowest BCUT2D eigenvalue weighted by Gasteiger charge is -2.32. The van der Waals surface area contributed by atoms with E-state index in [1.165, 1.54) is 12.1 Å². The molecule has 0 aromatic heterocycles. The Kier molecular flexibility index (Phi) is 4.59. The molecule has 20 heavy (non-hydrogen) atoms. The number of hydrogen-bond donors (Lipinski definition) is 1. The minimum absolute atomic E-state index is 0.265. The molecule has 1 aromatic rings. The van der Waals surface area contributed by atoms with Crippen molar-refractivity contribution in [1.82, 2.24) is 0 Å². The summed E-state index contributed by atoms with van der Waals surface area (Å²) in [5, 5.41) is 9.60. The van der Waals surface area contributed by atoms with Crippen LogP contribution in [0.5, 0.6) is 0 Å². The quantitative estimate of drug-likeness (QED) is 0.827. The fraction of sp³-hybridized carbons (Fsp3) is 0.625. The summed E-state index contributed by atoms with van der Waals surface area (Å²) in [6, 6.07) is 4.00. The maximum absolute atomic E-state index is 14.5. The summed E-state index contributed by atoms with van der Waals surface area (Å²) in [5.74, 6) is -4.56. The zero-order valence-corrected chi connectivity index (χ0v) is 12.7. The second kappa shape index (κ2) is 5.40. The van der Waals surface area contributed by atoms with Gasteiger partial charge in [0.2, 0.25) is 0 Å². The van der Waals surface area contributed by atoms with Crippen molar-refractivity contribution in [2.24, 2.45) is 0 Å². The molecular weight excluding hydrogens is 265 g/mol. The second-order valence-electron chi connectivity index (χ2n) is 6.43. The largest absolute Gasteiger partial charge is 0.384 e. The third-order valence-electron chi connectivity index (χ3n) is 3.71. The third kappa shape index (κ3) is 3.00. The monoisotopic (exact) mass is 288 g/mol. The molecule has 0 saturated carbocycles. The van der Waals surface area contributed by atoms with Crippen LogP contribution in [0.4, 0.5) is 13.2 Å². The average Bonchev–Trinajstić information content (AvgIpc) is 2.26. The molecule has 4 heteroatoms. The number of alkyl halides is 2. The topological polar surface area (TPSA) is 20.2 Å². The van der Waals surface area contributed by atoms with Crippen LogP contribution >= 0.6 is 0 Å². The first-order valence-electron chi connectivity index (χ1n) is 6.85. The van der Waals surface area contributed by atoms with E-state index in [9.17, 15) is 18.3 Å². The van der Waals surface area contributed by atoms with Crippen LogP contribution in [0, 0.1) is 5.82 Å². The highest BCUT2D eigenvalue weighted by Gasteiger charge is 2.49. The number of benzene rings is 1. The molecule has 1 rings (SSSR count).